The molecule has 0 amide bonds. The highest BCUT2D eigenvalue weighted by Gasteiger charge is 2.08. The van der Waals surface area contributed by atoms with Gasteiger partial charge >= 0.3 is 0 Å². The van der Waals surface area contributed by atoms with Gasteiger partial charge in [-0.15, -0.1) is 0 Å². The van der Waals surface area contributed by atoms with Gasteiger partial charge in [0.05, 0.1) is 34.2 Å². The van der Waals surface area contributed by atoms with Gasteiger partial charge in [-0.05, 0) is 73.7 Å². The molecule has 0 aromatic heterocycles. The minimum atomic E-state index is 1.15. The molecule has 0 radical (unpaired) electrons. The highest BCUT2D eigenvalue weighted by molar-refractivity contribution is 14.1. The third-order valence-corrected chi connectivity index (χ3v) is 4.91. The zero-order chi connectivity index (χ0) is 14.7. The van der Waals surface area contributed by atoms with Crippen molar-refractivity contribution in [3.8, 4) is 0 Å². The second kappa shape index (κ2) is 6.61. The predicted octanol–water partition coefficient (Wildman–Crippen LogP) is 6.05. The van der Waals surface area contributed by atoms with E-state index in [9.17, 15) is 0 Å². The molecule has 0 N–H and O–H groups in total. The average Bonchev–Trinajstić information content (AvgIpc) is 2.44. The molecule has 0 unspecified atom stereocenters. The van der Waals surface area contributed by atoms with Crippen molar-refractivity contribution in [2.45, 2.75) is 40.5 Å². The maximum Gasteiger partial charge on any atom is 0.0646 e. The lowest BCUT2D eigenvalue weighted by Crippen LogP contribution is -2.03. The fraction of sp³-hybridized carbons (Fsp3) is 0.333. The summed E-state index contributed by atoms with van der Waals surface area (Å²) < 4.78 is 2.24. The smallest absolute Gasteiger partial charge is 0.0646 e. The van der Waals surface area contributed by atoms with E-state index < -0.39 is 0 Å². The van der Waals surface area contributed by atoms with E-state index in [1.807, 2.05) is 0 Å². The second-order valence-electron chi connectivity index (χ2n) is 5.41. The quantitative estimate of drug-likeness (QED) is 0.462. The molecule has 0 saturated carbocycles. The molecular weight excluding hydrogens is 357 g/mol. The Kier molecular flexibility index (Phi) is 5.08. The summed E-state index contributed by atoms with van der Waals surface area (Å²) >= 11 is 2.39. The Bertz CT molecular complexity index is 604. The average molecular weight is 379 g/mol. The van der Waals surface area contributed by atoms with Gasteiger partial charge in [-0.2, -0.15) is 0 Å². The van der Waals surface area contributed by atoms with Crippen LogP contribution in [0, 0.1) is 20.8 Å². The van der Waals surface area contributed by atoms with E-state index >= 15 is 0 Å². The van der Waals surface area contributed by atoms with Crippen LogP contribution in [0.2, 0.25) is 0 Å². The Morgan fingerprint density at radius 3 is 2.05 bits per heavy atom. The molecule has 0 bridgehead atoms. The number of halogens is 1. The normalized spacial score (nSPS) is 10.7. The van der Waals surface area contributed by atoms with Gasteiger partial charge in [0.1, 0.15) is 0 Å². The third-order valence-electron chi connectivity index (χ3n) is 3.80. The summed E-state index contributed by atoms with van der Waals surface area (Å²) in [7, 11) is 0. The molecule has 2 rings (SSSR count). The number of hydrogen-bond donors (Lipinski definition) is 0. The highest BCUT2D eigenvalue weighted by atomic mass is 127. The fourth-order valence-corrected chi connectivity index (χ4v) is 2.92. The van der Waals surface area contributed by atoms with Crippen LogP contribution in [-0.2, 0) is 6.42 Å². The Hall–Kier alpha value is -1.03. The molecule has 0 aliphatic rings. The van der Waals surface area contributed by atoms with Crippen molar-refractivity contribution in [1.29, 1.82) is 0 Å². The summed E-state index contributed by atoms with van der Waals surface area (Å²) in [6.07, 6.45) is 2.34. The second-order valence-corrected chi connectivity index (χ2v) is 6.38. The number of aryl methyl sites for hydroxylation is 4. The number of rotatable bonds is 4. The highest BCUT2D eigenvalue weighted by Crippen LogP contribution is 2.32. The number of anilines is 2. The summed E-state index contributed by atoms with van der Waals surface area (Å²) in [6.45, 7) is 8.75. The van der Waals surface area contributed by atoms with Crippen molar-refractivity contribution in [2.24, 2.45) is 0 Å². The monoisotopic (exact) mass is 379 g/mol. The van der Waals surface area contributed by atoms with Crippen LogP contribution in [0.25, 0.3) is 0 Å². The van der Waals surface area contributed by atoms with Crippen LogP contribution in [-0.4, -0.2) is 0 Å². The molecule has 2 aromatic rings. The molecule has 2 aromatic carbocycles. The molecule has 0 fully saturated rings. The molecule has 0 aliphatic heterocycles. The summed E-state index contributed by atoms with van der Waals surface area (Å²) in [5.41, 5.74) is 8.01. The van der Waals surface area contributed by atoms with Gasteiger partial charge in [-0.1, -0.05) is 25.5 Å². The van der Waals surface area contributed by atoms with Crippen LogP contribution in [0.5, 0.6) is 0 Å². The van der Waals surface area contributed by atoms with E-state index in [4.69, 9.17) is 0 Å². The molecule has 0 heterocycles. The summed E-state index contributed by atoms with van der Waals surface area (Å²) in [5.74, 6) is 0. The minimum Gasteiger partial charge on any atom is -0.283 e. The molecule has 0 spiro atoms. The zero-order valence-corrected chi connectivity index (χ0v) is 14.9. The number of benzene rings is 2. The van der Waals surface area contributed by atoms with Crippen molar-refractivity contribution in [3.63, 3.8) is 0 Å². The number of nitrogens with zero attached hydrogens (tertiary/aromatic N) is 1. The zero-order valence-electron chi connectivity index (χ0n) is 12.7. The molecule has 0 saturated heterocycles. The first-order valence-electron chi connectivity index (χ1n) is 7.15. The maximum atomic E-state index is 2.39. The standard InChI is InChI=1S/C18H22IN/c1-5-6-16-12-18(10-8-14(16)3)20(19)17-9-7-13(2)15(4)11-17/h7-12H,5-6H2,1-4H3. The Labute approximate surface area is 136 Å². The van der Waals surface area contributed by atoms with Gasteiger partial charge < -0.3 is 0 Å². The van der Waals surface area contributed by atoms with E-state index in [0.29, 0.717) is 0 Å². The minimum absolute atomic E-state index is 1.15. The SMILES string of the molecule is CCCc1cc(N(I)c2ccc(C)c(C)c2)ccc1C. The van der Waals surface area contributed by atoms with Gasteiger partial charge in [-0.3, -0.25) is 3.11 Å². The molecule has 106 valence electrons. The number of hydrogen-bond acceptors (Lipinski definition) is 1. The molecule has 2 heteroatoms. The van der Waals surface area contributed by atoms with E-state index in [1.165, 1.54) is 40.0 Å². The molecule has 0 aliphatic carbocycles. The van der Waals surface area contributed by atoms with Gasteiger partial charge in [0.15, 0.2) is 0 Å². The third kappa shape index (κ3) is 3.35. The van der Waals surface area contributed by atoms with Gasteiger partial charge in [0.25, 0.3) is 0 Å². The van der Waals surface area contributed by atoms with Gasteiger partial charge in [0.2, 0.25) is 0 Å². The van der Waals surface area contributed by atoms with Crippen LogP contribution in [0.15, 0.2) is 36.4 Å². The topological polar surface area (TPSA) is 3.24 Å². The Morgan fingerprint density at radius 1 is 0.850 bits per heavy atom. The van der Waals surface area contributed by atoms with Crippen molar-refractivity contribution in [1.82, 2.24) is 0 Å². The molecule has 20 heavy (non-hydrogen) atoms. The fourth-order valence-electron chi connectivity index (χ4n) is 2.32. The first kappa shape index (κ1) is 15.4. The lowest BCUT2D eigenvalue weighted by atomic mass is 10.0. The van der Waals surface area contributed by atoms with Crippen LogP contribution >= 0.6 is 22.9 Å². The van der Waals surface area contributed by atoms with E-state index in [2.05, 4.69) is 90.1 Å². The first-order valence-corrected chi connectivity index (χ1v) is 8.12. The molecule has 0 atom stereocenters. The molecule has 1 nitrogen and oxygen atoms in total. The summed E-state index contributed by atoms with van der Waals surface area (Å²) in [4.78, 5) is 0. The maximum absolute atomic E-state index is 2.39. The van der Waals surface area contributed by atoms with Crippen molar-refractivity contribution < 1.29 is 0 Å². The van der Waals surface area contributed by atoms with Crippen LogP contribution < -0.4 is 3.11 Å². The van der Waals surface area contributed by atoms with Gasteiger partial charge in [0, 0.05) is 0 Å². The van der Waals surface area contributed by atoms with E-state index in [1.54, 1.807) is 0 Å². The lowest BCUT2D eigenvalue weighted by molar-refractivity contribution is 0.913. The lowest BCUT2D eigenvalue weighted by Gasteiger charge is -2.19. The Morgan fingerprint density at radius 2 is 1.45 bits per heavy atom. The summed E-state index contributed by atoms with van der Waals surface area (Å²) in [6, 6.07) is 13.4. The van der Waals surface area contributed by atoms with Crippen LogP contribution in [0.3, 0.4) is 0 Å². The molecular formula is C18H22IN. The first-order chi connectivity index (χ1) is 9.52. The predicted molar refractivity (Wildman–Crippen MR) is 97.2 cm³/mol. The van der Waals surface area contributed by atoms with Crippen molar-refractivity contribution in [3.05, 3.63) is 58.7 Å². The van der Waals surface area contributed by atoms with Crippen molar-refractivity contribution >= 4 is 34.2 Å². The van der Waals surface area contributed by atoms with E-state index in [-0.39, 0.29) is 0 Å². The largest absolute Gasteiger partial charge is 0.283 e. The van der Waals surface area contributed by atoms with Crippen LogP contribution in [0.4, 0.5) is 11.4 Å². The van der Waals surface area contributed by atoms with E-state index in [0.717, 1.165) is 6.42 Å². The Balaban J connectivity index is 2.34. The van der Waals surface area contributed by atoms with Crippen LogP contribution in [0.1, 0.15) is 35.6 Å². The van der Waals surface area contributed by atoms with Gasteiger partial charge in [-0.25, -0.2) is 0 Å². The van der Waals surface area contributed by atoms with Crippen molar-refractivity contribution in [2.75, 3.05) is 3.11 Å². The summed E-state index contributed by atoms with van der Waals surface area (Å²) in [5, 5.41) is 0.